The zero-order valence-corrected chi connectivity index (χ0v) is 25.9. The third-order valence-corrected chi connectivity index (χ3v) is 11.7. The number of hydrogen-bond acceptors (Lipinski definition) is 8. The van der Waals surface area contributed by atoms with E-state index < -0.39 is 27.9 Å². The molecule has 3 aliphatic rings. The largest absolute Gasteiger partial charge is 0.477 e. The number of carbonyl (C=O) groups is 2. The summed E-state index contributed by atoms with van der Waals surface area (Å²) in [5.41, 5.74) is 1.11. The third kappa shape index (κ3) is 6.16. The molecule has 43 heavy (non-hydrogen) atoms. The second-order valence-electron chi connectivity index (χ2n) is 11.1. The number of nitrogens with zero attached hydrogens (tertiary/aromatic N) is 4. The topological polar surface area (TPSA) is 120 Å². The number of thiophene rings is 1. The van der Waals surface area contributed by atoms with Gasteiger partial charge < -0.3 is 19.6 Å². The van der Waals surface area contributed by atoms with Crippen LogP contribution in [-0.4, -0.2) is 80.1 Å². The highest BCUT2D eigenvalue weighted by Crippen LogP contribution is 2.42. The van der Waals surface area contributed by atoms with Crippen molar-refractivity contribution in [3.63, 3.8) is 0 Å². The van der Waals surface area contributed by atoms with Crippen LogP contribution >= 0.6 is 22.9 Å². The van der Waals surface area contributed by atoms with E-state index in [0.717, 1.165) is 49.0 Å². The van der Waals surface area contributed by atoms with Gasteiger partial charge in [-0.25, -0.2) is 18.2 Å². The molecule has 6 rings (SSSR count). The molecule has 2 saturated heterocycles. The van der Waals surface area contributed by atoms with E-state index in [9.17, 15) is 23.1 Å². The van der Waals surface area contributed by atoms with Crippen molar-refractivity contribution in [2.75, 3.05) is 49.2 Å². The molecule has 1 aliphatic carbocycles. The lowest BCUT2D eigenvalue weighted by atomic mass is 9.82. The summed E-state index contributed by atoms with van der Waals surface area (Å²) in [7, 11) is -4.03. The van der Waals surface area contributed by atoms with Crippen LogP contribution in [0.15, 0.2) is 53.6 Å². The number of carbonyl (C=O) groups excluding carboxylic acids is 1. The zero-order chi connectivity index (χ0) is 30.1. The number of carboxylic acids is 1. The predicted molar refractivity (Wildman–Crippen MR) is 166 cm³/mol. The van der Waals surface area contributed by atoms with Crippen LogP contribution in [-0.2, 0) is 19.6 Å². The van der Waals surface area contributed by atoms with Gasteiger partial charge in [0.15, 0.2) is 0 Å². The molecule has 1 aromatic carbocycles. The van der Waals surface area contributed by atoms with Crippen molar-refractivity contribution >= 4 is 56.3 Å². The summed E-state index contributed by atoms with van der Waals surface area (Å²) in [4.78, 5) is 35.2. The van der Waals surface area contributed by atoms with E-state index in [-0.39, 0.29) is 28.8 Å². The molecule has 228 valence electrons. The fourth-order valence-electron chi connectivity index (χ4n) is 6.27. The van der Waals surface area contributed by atoms with E-state index in [2.05, 4.69) is 4.98 Å². The average Bonchev–Trinajstić information content (AvgIpc) is 3.47. The van der Waals surface area contributed by atoms with Crippen LogP contribution in [0.4, 0.5) is 11.5 Å². The Balaban J connectivity index is 1.33. The van der Waals surface area contributed by atoms with Crippen molar-refractivity contribution in [1.82, 2.24) is 9.29 Å². The fraction of sp³-hybridized carbons (Fsp3) is 0.433. The number of rotatable bonds is 7. The van der Waals surface area contributed by atoms with E-state index >= 15 is 0 Å². The Hall–Kier alpha value is -3.03. The number of aromatic carboxylic acids is 1. The molecule has 1 amide bonds. The molecule has 1 N–H and O–H groups in total. The van der Waals surface area contributed by atoms with Crippen molar-refractivity contribution in [3.05, 3.63) is 58.6 Å². The molecular weight excluding hydrogens is 612 g/mol. The second-order valence-corrected chi connectivity index (χ2v) is 14.5. The van der Waals surface area contributed by atoms with Crippen LogP contribution in [0.25, 0.3) is 10.4 Å². The highest BCUT2D eigenvalue weighted by Gasteiger charge is 2.44. The van der Waals surface area contributed by atoms with Crippen LogP contribution in [0.3, 0.4) is 0 Å². The molecule has 4 heterocycles. The molecule has 2 aromatic heterocycles. The number of pyridine rings is 1. The van der Waals surface area contributed by atoms with E-state index in [4.69, 9.17) is 16.3 Å². The Morgan fingerprint density at radius 3 is 2.42 bits per heavy atom. The first-order valence-corrected chi connectivity index (χ1v) is 17.1. The van der Waals surface area contributed by atoms with Gasteiger partial charge >= 0.3 is 5.97 Å². The Bertz CT molecular complexity index is 1580. The van der Waals surface area contributed by atoms with Gasteiger partial charge in [-0.3, -0.25) is 4.79 Å². The van der Waals surface area contributed by atoms with Gasteiger partial charge in [-0.15, -0.1) is 11.3 Å². The van der Waals surface area contributed by atoms with E-state index in [1.807, 2.05) is 17.0 Å². The summed E-state index contributed by atoms with van der Waals surface area (Å²) in [6.07, 6.45) is 6.08. The molecule has 0 bridgehead atoms. The number of carboxylic acid groups (broad SMARTS) is 1. The van der Waals surface area contributed by atoms with Gasteiger partial charge in [-0.2, -0.15) is 4.31 Å². The van der Waals surface area contributed by atoms with E-state index in [0.29, 0.717) is 47.7 Å². The Morgan fingerprint density at radius 2 is 1.77 bits per heavy atom. The zero-order valence-electron chi connectivity index (χ0n) is 23.5. The maximum atomic E-state index is 13.9. The molecule has 1 saturated carbocycles. The number of amides is 1. The minimum atomic E-state index is -4.03. The molecule has 13 heteroatoms. The van der Waals surface area contributed by atoms with Gasteiger partial charge in [0.1, 0.15) is 15.6 Å². The predicted octanol–water partition coefficient (Wildman–Crippen LogP) is 4.98. The first-order valence-electron chi connectivity index (χ1n) is 14.5. The van der Waals surface area contributed by atoms with Crippen LogP contribution in [0.2, 0.25) is 5.02 Å². The summed E-state index contributed by atoms with van der Waals surface area (Å²) in [6.45, 7) is 2.23. The summed E-state index contributed by atoms with van der Waals surface area (Å²) in [5.74, 6) is -0.848. The fourth-order valence-corrected chi connectivity index (χ4v) is 8.74. The number of morpholine rings is 1. The molecule has 2 aliphatic heterocycles. The third-order valence-electron chi connectivity index (χ3n) is 8.49. The molecule has 1 unspecified atom stereocenters. The lowest BCUT2D eigenvalue weighted by Crippen LogP contribution is -2.60. The highest BCUT2D eigenvalue weighted by atomic mass is 35.5. The maximum Gasteiger partial charge on any atom is 0.348 e. The van der Waals surface area contributed by atoms with Crippen LogP contribution in [0.5, 0.6) is 0 Å². The van der Waals surface area contributed by atoms with E-state index in [1.165, 1.54) is 10.5 Å². The van der Waals surface area contributed by atoms with Gasteiger partial charge in [0.2, 0.25) is 15.9 Å². The minimum absolute atomic E-state index is 0.0277. The average molecular weight is 645 g/mol. The maximum absolute atomic E-state index is 13.9. The minimum Gasteiger partial charge on any atom is -0.477 e. The summed E-state index contributed by atoms with van der Waals surface area (Å²) >= 11 is 7.16. The molecule has 1 atom stereocenters. The standard InChI is InChI=1S/C30H33ClN4O6S2/c31-22-8-6-21(7-9-22)26-16-24(29(42-26)30(37)38)35-25(20-4-2-1-3-5-20)18-34(19-28(35)36)43(39,40)23-10-11-27(32-17-23)33-12-14-41-15-13-33/h6-11,16-17,20,25H,1-5,12-15,18-19H2,(H,37,38). The molecule has 3 fully saturated rings. The molecular formula is C30H33ClN4O6S2. The van der Waals surface area contributed by atoms with Crippen molar-refractivity contribution in [3.8, 4) is 10.4 Å². The number of hydrogen-bond donors (Lipinski definition) is 1. The Morgan fingerprint density at radius 1 is 1.05 bits per heavy atom. The van der Waals surface area contributed by atoms with Crippen LogP contribution < -0.4 is 9.80 Å². The Kier molecular flexibility index (Phi) is 8.74. The van der Waals surface area contributed by atoms with Gasteiger partial charge in [0.25, 0.3) is 0 Å². The monoisotopic (exact) mass is 644 g/mol. The van der Waals surface area contributed by atoms with E-state index in [1.54, 1.807) is 35.2 Å². The number of piperazine rings is 1. The van der Waals surface area contributed by atoms with Crippen LogP contribution in [0.1, 0.15) is 41.8 Å². The number of anilines is 2. The normalized spacial score (nSPS) is 20.9. The van der Waals surface area contributed by atoms with Crippen molar-refractivity contribution in [1.29, 1.82) is 0 Å². The van der Waals surface area contributed by atoms with Crippen molar-refractivity contribution in [2.45, 2.75) is 43.0 Å². The lowest BCUT2D eigenvalue weighted by Gasteiger charge is -2.44. The quantitative estimate of drug-likeness (QED) is 0.382. The van der Waals surface area contributed by atoms with Crippen LogP contribution in [0, 0.1) is 5.92 Å². The summed E-state index contributed by atoms with van der Waals surface area (Å²) in [6, 6.07) is 11.6. The van der Waals surface area contributed by atoms with Crippen molar-refractivity contribution in [2.24, 2.45) is 5.92 Å². The smallest absolute Gasteiger partial charge is 0.348 e. The van der Waals surface area contributed by atoms with Gasteiger partial charge in [-0.05, 0) is 54.7 Å². The first kappa shape index (κ1) is 30.0. The molecule has 3 aromatic rings. The van der Waals surface area contributed by atoms with Gasteiger partial charge in [0, 0.05) is 35.7 Å². The summed E-state index contributed by atoms with van der Waals surface area (Å²) < 4.78 is 34.4. The highest BCUT2D eigenvalue weighted by molar-refractivity contribution is 7.89. The first-order chi connectivity index (χ1) is 20.7. The van der Waals surface area contributed by atoms with Gasteiger partial charge in [-0.1, -0.05) is 43.0 Å². The summed E-state index contributed by atoms with van der Waals surface area (Å²) in [5, 5.41) is 10.7. The van der Waals surface area contributed by atoms with Crippen molar-refractivity contribution < 1.29 is 27.9 Å². The Labute approximate surface area is 259 Å². The number of ether oxygens (including phenoxy) is 1. The number of sulfonamides is 1. The number of halogens is 1. The van der Waals surface area contributed by atoms with Gasteiger partial charge in [0.05, 0.1) is 31.5 Å². The molecule has 0 spiro atoms. The second kappa shape index (κ2) is 12.5. The number of benzene rings is 1. The SMILES string of the molecule is O=C(O)c1sc(-c2ccc(Cl)cc2)cc1N1C(=O)CN(S(=O)(=O)c2ccc(N3CCOCC3)nc2)CC1C1CCCCC1. The number of aromatic nitrogens is 1. The lowest BCUT2D eigenvalue weighted by molar-refractivity contribution is -0.121. The molecule has 10 nitrogen and oxygen atoms in total. The molecule has 0 radical (unpaired) electrons.